The van der Waals surface area contributed by atoms with E-state index in [4.69, 9.17) is 18.2 Å². The van der Waals surface area contributed by atoms with Gasteiger partial charge in [0.2, 0.25) is 5.69 Å². The molecule has 0 heterocycles. The van der Waals surface area contributed by atoms with Gasteiger partial charge >= 0.3 is 0 Å². The first-order chi connectivity index (χ1) is 6.56. The number of Topliss-reactive ketones (excluding diaryl/α,β-unsaturated/α-hetero) is 1. The van der Waals surface area contributed by atoms with Crippen molar-refractivity contribution in [3.63, 3.8) is 0 Å². The zero-order chi connectivity index (χ0) is 10.7. The molecule has 0 aliphatic rings. The van der Waals surface area contributed by atoms with Crippen LogP contribution < -0.4 is 0 Å². The molecule has 0 bridgehead atoms. The number of hydrogen-bond acceptors (Lipinski definition) is 1. The minimum atomic E-state index is -0.0604. The third-order valence-electron chi connectivity index (χ3n) is 1.88. The first-order valence-corrected chi connectivity index (χ1v) is 4.65. The molecular weight excluding hydrogens is 198 g/mol. The van der Waals surface area contributed by atoms with E-state index in [1.165, 1.54) is 6.07 Å². The van der Waals surface area contributed by atoms with Gasteiger partial charge in [-0.05, 0) is 6.07 Å². The zero-order valence-corrected chi connectivity index (χ0v) is 8.80. The fourth-order valence-electron chi connectivity index (χ4n) is 1.08. The fraction of sp³-hybridized carbons (Fsp3) is 0.273. The Morgan fingerprint density at radius 1 is 1.50 bits per heavy atom. The van der Waals surface area contributed by atoms with Gasteiger partial charge in [-0.3, -0.25) is 4.79 Å². The molecule has 0 saturated carbocycles. The van der Waals surface area contributed by atoms with E-state index < -0.39 is 0 Å². The van der Waals surface area contributed by atoms with Gasteiger partial charge in [-0.2, -0.15) is 0 Å². The van der Waals surface area contributed by atoms with Crippen molar-refractivity contribution in [1.29, 1.82) is 0 Å². The maximum absolute atomic E-state index is 11.6. The van der Waals surface area contributed by atoms with Gasteiger partial charge in [-0.15, -0.1) is 0 Å². The summed E-state index contributed by atoms with van der Waals surface area (Å²) in [7, 11) is 0. The third kappa shape index (κ3) is 2.12. The number of rotatable bonds is 2. The number of carbonyl (C=O) groups excluding carboxylic acids is 1. The molecule has 0 aliphatic heterocycles. The number of carbonyl (C=O) groups is 1. The van der Waals surface area contributed by atoms with Crippen molar-refractivity contribution in [2.24, 2.45) is 5.92 Å². The second kappa shape index (κ2) is 4.26. The van der Waals surface area contributed by atoms with E-state index in [1.54, 1.807) is 12.1 Å². The van der Waals surface area contributed by atoms with Crippen LogP contribution in [0.3, 0.4) is 0 Å². The molecule has 0 aliphatic carbocycles. The Balaban J connectivity index is 3.15. The van der Waals surface area contributed by atoms with E-state index in [0.29, 0.717) is 16.3 Å². The molecule has 0 saturated heterocycles. The maximum atomic E-state index is 11.6. The van der Waals surface area contributed by atoms with Crippen molar-refractivity contribution in [2.75, 3.05) is 0 Å². The Kier molecular flexibility index (Phi) is 3.27. The lowest BCUT2D eigenvalue weighted by Crippen LogP contribution is -2.06. The molecule has 3 heteroatoms. The average molecular weight is 208 g/mol. The molecule has 0 amide bonds. The van der Waals surface area contributed by atoms with Gasteiger partial charge in [0, 0.05) is 16.5 Å². The topological polar surface area (TPSA) is 21.4 Å². The van der Waals surface area contributed by atoms with Crippen LogP contribution in [0.25, 0.3) is 4.85 Å². The van der Waals surface area contributed by atoms with E-state index in [9.17, 15) is 4.79 Å². The normalized spacial score (nSPS) is 9.93. The molecule has 0 unspecified atom stereocenters. The molecule has 1 rings (SSSR count). The Morgan fingerprint density at radius 2 is 2.14 bits per heavy atom. The van der Waals surface area contributed by atoms with E-state index in [0.717, 1.165) is 0 Å². The van der Waals surface area contributed by atoms with Gasteiger partial charge in [0.05, 0.1) is 6.57 Å². The second-order valence-electron chi connectivity index (χ2n) is 3.30. The predicted molar refractivity (Wildman–Crippen MR) is 56.9 cm³/mol. The van der Waals surface area contributed by atoms with Crippen LogP contribution in [0.5, 0.6) is 0 Å². The number of ketones is 1. The largest absolute Gasteiger partial charge is 0.294 e. The van der Waals surface area contributed by atoms with Crippen LogP contribution in [0.15, 0.2) is 18.2 Å². The fourth-order valence-corrected chi connectivity index (χ4v) is 1.24. The van der Waals surface area contributed by atoms with Crippen molar-refractivity contribution in [3.8, 4) is 0 Å². The molecule has 0 radical (unpaired) electrons. The molecule has 0 N–H and O–H groups in total. The van der Waals surface area contributed by atoms with Crippen molar-refractivity contribution >= 4 is 23.1 Å². The highest BCUT2D eigenvalue weighted by Crippen LogP contribution is 2.26. The molecule has 2 nitrogen and oxygen atoms in total. The van der Waals surface area contributed by atoms with E-state index in [1.807, 2.05) is 13.8 Å². The minimum Gasteiger partial charge on any atom is -0.294 e. The molecule has 0 spiro atoms. The van der Waals surface area contributed by atoms with E-state index in [-0.39, 0.29) is 11.7 Å². The SMILES string of the molecule is [C-]#[N+]c1cc(C(=O)C(C)C)ccc1Cl. The predicted octanol–water partition coefficient (Wildman–Crippen LogP) is 3.73. The Morgan fingerprint density at radius 3 is 2.64 bits per heavy atom. The molecular formula is C11H10ClNO. The Labute approximate surface area is 88.3 Å². The summed E-state index contributed by atoms with van der Waals surface area (Å²) in [5.74, 6) is -0.0266. The van der Waals surface area contributed by atoms with Crippen LogP contribution in [0.2, 0.25) is 5.02 Å². The summed E-state index contributed by atoms with van der Waals surface area (Å²) in [6.07, 6.45) is 0. The van der Waals surface area contributed by atoms with Crippen LogP contribution in [0.4, 0.5) is 5.69 Å². The molecule has 14 heavy (non-hydrogen) atoms. The highest BCUT2D eigenvalue weighted by Gasteiger charge is 2.11. The molecule has 0 atom stereocenters. The first-order valence-electron chi connectivity index (χ1n) is 4.27. The Hall–Kier alpha value is -1.33. The highest BCUT2D eigenvalue weighted by atomic mass is 35.5. The lowest BCUT2D eigenvalue weighted by Gasteiger charge is -2.04. The van der Waals surface area contributed by atoms with Gasteiger partial charge in [0.25, 0.3) is 0 Å². The van der Waals surface area contributed by atoms with E-state index >= 15 is 0 Å². The van der Waals surface area contributed by atoms with Gasteiger partial charge in [0.1, 0.15) is 0 Å². The summed E-state index contributed by atoms with van der Waals surface area (Å²) in [5.41, 5.74) is 0.883. The van der Waals surface area contributed by atoms with Crippen LogP contribution in [-0.4, -0.2) is 5.78 Å². The van der Waals surface area contributed by atoms with Crippen LogP contribution in [-0.2, 0) is 0 Å². The highest BCUT2D eigenvalue weighted by molar-refractivity contribution is 6.33. The van der Waals surface area contributed by atoms with Crippen molar-refractivity contribution in [3.05, 3.63) is 40.2 Å². The zero-order valence-electron chi connectivity index (χ0n) is 8.04. The summed E-state index contributed by atoms with van der Waals surface area (Å²) in [6.45, 7) is 10.5. The lowest BCUT2D eigenvalue weighted by molar-refractivity contribution is 0.0939. The summed E-state index contributed by atoms with van der Waals surface area (Å²) >= 11 is 5.76. The van der Waals surface area contributed by atoms with Crippen molar-refractivity contribution in [1.82, 2.24) is 0 Å². The van der Waals surface area contributed by atoms with Crippen LogP contribution >= 0.6 is 11.6 Å². The molecule has 1 aromatic carbocycles. The number of halogens is 1. The lowest BCUT2D eigenvalue weighted by atomic mass is 10.0. The van der Waals surface area contributed by atoms with Gasteiger partial charge in [-0.1, -0.05) is 37.6 Å². The van der Waals surface area contributed by atoms with Crippen molar-refractivity contribution in [2.45, 2.75) is 13.8 Å². The summed E-state index contributed by atoms with van der Waals surface area (Å²) < 4.78 is 0. The minimum absolute atomic E-state index is 0.0339. The molecule has 1 aromatic rings. The summed E-state index contributed by atoms with van der Waals surface area (Å²) in [6, 6.07) is 4.78. The second-order valence-corrected chi connectivity index (χ2v) is 3.70. The molecule has 72 valence electrons. The number of hydrogen-bond donors (Lipinski definition) is 0. The van der Waals surface area contributed by atoms with Gasteiger partial charge in [0.15, 0.2) is 5.78 Å². The maximum Gasteiger partial charge on any atom is 0.206 e. The average Bonchev–Trinajstić information content (AvgIpc) is 2.17. The van der Waals surface area contributed by atoms with Gasteiger partial charge < -0.3 is 0 Å². The molecule has 0 fully saturated rings. The third-order valence-corrected chi connectivity index (χ3v) is 2.20. The smallest absolute Gasteiger partial charge is 0.206 e. The van der Waals surface area contributed by atoms with E-state index in [2.05, 4.69) is 4.85 Å². The van der Waals surface area contributed by atoms with Crippen LogP contribution in [0, 0.1) is 12.5 Å². The van der Waals surface area contributed by atoms with Crippen molar-refractivity contribution < 1.29 is 4.79 Å². The summed E-state index contributed by atoms with van der Waals surface area (Å²) in [4.78, 5) is 14.8. The number of benzene rings is 1. The van der Waals surface area contributed by atoms with Crippen LogP contribution in [0.1, 0.15) is 24.2 Å². The summed E-state index contributed by atoms with van der Waals surface area (Å²) in [5, 5.41) is 0.389. The molecule has 0 aromatic heterocycles. The first kappa shape index (κ1) is 10.7. The quantitative estimate of drug-likeness (QED) is 0.535. The van der Waals surface area contributed by atoms with Gasteiger partial charge in [-0.25, -0.2) is 4.85 Å². The monoisotopic (exact) mass is 207 g/mol. The standard InChI is InChI=1S/C11H10ClNO/c1-7(2)11(14)8-4-5-9(12)10(6-8)13-3/h4-7H,1-2H3. The number of nitrogens with zero attached hydrogens (tertiary/aromatic N) is 1. The Bertz CT molecular complexity index is 404.